The summed E-state index contributed by atoms with van der Waals surface area (Å²) in [5.41, 5.74) is 1.48. The van der Waals surface area contributed by atoms with Crippen LogP contribution in [0.3, 0.4) is 0 Å². The zero-order chi connectivity index (χ0) is 18.7. The Balaban J connectivity index is 2.19. The van der Waals surface area contributed by atoms with Gasteiger partial charge in [-0.25, -0.2) is 4.39 Å². The van der Waals surface area contributed by atoms with E-state index in [2.05, 4.69) is 21.2 Å². The molecule has 0 spiro atoms. The minimum absolute atomic E-state index is 0.105. The first kappa shape index (κ1) is 17.3. The van der Waals surface area contributed by atoms with Gasteiger partial charge in [0.15, 0.2) is 0 Å². The molecule has 1 heterocycles. The molecule has 1 atom stereocenters. The highest BCUT2D eigenvalue weighted by atomic mass is 19.1. The predicted molar refractivity (Wildman–Crippen MR) is 99.4 cm³/mol. The number of non-ortho nitro benzene ring substituents is 1. The van der Waals surface area contributed by atoms with E-state index in [1.807, 2.05) is 0 Å². The molecule has 0 radical (unpaired) electrons. The van der Waals surface area contributed by atoms with Crippen molar-refractivity contribution in [2.24, 2.45) is 9.98 Å². The number of hydrogen-bond acceptors (Lipinski definition) is 4. The minimum atomic E-state index is -0.500. The van der Waals surface area contributed by atoms with Crippen molar-refractivity contribution in [2.75, 3.05) is 11.9 Å². The number of nitro groups is 1. The second kappa shape index (κ2) is 7.15. The predicted octanol–water partition coefficient (Wildman–Crippen LogP) is 3.42. The van der Waals surface area contributed by atoms with E-state index in [1.165, 1.54) is 18.2 Å². The number of benzodiazepines with no additional fused rings is 1. The molecule has 0 bridgehead atoms. The number of nitrogens with one attached hydrogen (secondary N) is 1. The van der Waals surface area contributed by atoms with Crippen LogP contribution in [0.1, 0.15) is 18.1 Å². The van der Waals surface area contributed by atoms with E-state index >= 15 is 0 Å². The Kier molecular flexibility index (Phi) is 4.76. The number of amidine groups is 1. The molecule has 0 aliphatic carbocycles. The number of terminal acetylenes is 1. The highest BCUT2D eigenvalue weighted by molar-refractivity contribution is 6.20. The van der Waals surface area contributed by atoms with E-state index in [4.69, 9.17) is 6.42 Å². The standard InChI is InChI=1S/C19H15FN4O2/c1-3-12(2)22-18-11-21-19(14-6-4-5-7-16(14)20)15-10-13(24(25)26)8-9-17(15)23-18/h1,4-10,12H,11H2,2H3,(H,22,23). The van der Waals surface area contributed by atoms with E-state index < -0.39 is 10.7 Å². The zero-order valence-electron chi connectivity index (χ0n) is 13.9. The van der Waals surface area contributed by atoms with Crippen molar-refractivity contribution in [3.63, 3.8) is 0 Å². The molecule has 1 aliphatic rings. The van der Waals surface area contributed by atoms with Crippen molar-refractivity contribution in [2.45, 2.75) is 13.0 Å². The summed E-state index contributed by atoms with van der Waals surface area (Å²) in [6.45, 7) is 1.91. The van der Waals surface area contributed by atoms with Gasteiger partial charge < -0.3 is 5.32 Å². The minimum Gasteiger partial charge on any atom is -0.342 e. The van der Waals surface area contributed by atoms with Gasteiger partial charge in [-0.05, 0) is 25.1 Å². The van der Waals surface area contributed by atoms with E-state index in [0.29, 0.717) is 22.8 Å². The van der Waals surface area contributed by atoms with Crippen LogP contribution in [0.4, 0.5) is 15.8 Å². The first-order chi connectivity index (χ1) is 12.5. The maximum Gasteiger partial charge on any atom is 0.270 e. The topological polar surface area (TPSA) is 79.9 Å². The van der Waals surface area contributed by atoms with Gasteiger partial charge in [0, 0.05) is 28.9 Å². The Hall–Kier alpha value is -3.53. The van der Waals surface area contributed by atoms with E-state index in [-0.39, 0.29) is 23.8 Å². The Labute approximate surface area is 149 Å². The number of benzene rings is 2. The SMILES string of the molecule is C#CC(C)N=C1CN=C(c2ccccc2F)c2cc([N+](=O)[O-])ccc2N1. The van der Waals surface area contributed by atoms with Crippen LogP contribution in [0.15, 0.2) is 52.4 Å². The van der Waals surface area contributed by atoms with Gasteiger partial charge in [-0.2, -0.15) is 0 Å². The lowest BCUT2D eigenvalue weighted by molar-refractivity contribution is -0.384. The lowest BCUT2D eigenvalue weighted by atomic mass is 9.99. The molecule has 7 heteroatoms. The second-order valence-corrected chi connectivity index (χ2v) is 5.68. The second-order valence-electron chi connectivity index (χ2n) is 5.68. The largest absolute Gasteiger partial charge is 0.342 e. The molecule has 130 valence electrons. The number of nitro benzene ring substituents is 1. The van der Waals surface area contributed by atoms with Crippen LogP contribution in [-0.2, 0) is 0 Å². The molecule has 2 aromatic carbocycles. The number of aliphatic imine (C=N–C) groups is 2. The van der Waals surface area contributed by atoms with Crippen molar-refractivity contribution >= 4 is 22.9 Å². The molecule has 26 heavy (non-hydrogen) atoms. The van der Waals surface area contributed by atoms with E-state index in [0.717, 1.165) is 0 Å². The molecule has 0 fully saturated rings. The average Bonchev–Trinajstić information content (AvgIpc) is 2.80. The highest BCUT2D eigenvalue weighted by Crippen LogP contribution is 2.28. The summed E-state index contributed by atoms with van der Waals surface area (Å²) < 4.78 is 14.3. The van der Waals surface area contributed by atoms with Gasteiger partial charge in [-0.1, -0.05) is 18.1 Å². The monoisotopic (exact) mass is 350 g/mol. The maximum absolute atomic E-state index is 14.3. The Morgan fingerprint density at radius 3 is 2.81 bits per heavy atom. The van der Waals surface area contributed by atoms with Gasteiger partial charge in [0.25, 0.3) is 5.69 Å². The molecule has 0 saturated heterocycles. The fourth-order valence-electron chi connectivity index (χ4n) is 2.61. The van der Waals surface area contributed by atoms with Crippen molar-refractivity contribution < 1.29 is 9.31 Å². The lowest BCUT2D eigenvalue weighted by Gasteiger charge is -2.11. The smallest absolute Gasteiger partial charge is 0.270 e. The number of fused-ring (bicyclic) bond motifs is 1. The first-order valence-electron chi connectivity index (χ1n) is 7.87. The summed E-state index contributed by atoms with van der Waals surface area (Å²) in [7, 11) is 0. The van der Waals surface area contributed by atoms with Gasteiger partial charge in [-0.15, -0.1) is 6.42 Å². The van der Waals surface area contributed by atoms with Crippen molar-refractivity contribution in [3.8, 4) is 12.3 Å². The third-order valence-electron chi connectivity index (χ3n) is 3.85. The number of anilines is 1. The van der Waals surface area contributed by atoms with Crippen LogP contribution >= 0.6 is 0 Å². The summed E-state index contributed by atoms with van der Waals surface area (Å²) >= 11 is 0. The summed E-state index contributed by atoms with van der Waals surface area (Å²) in [6, 6.07) is 10.1. The van der Waals surface area contributed by atoms with Gasteiger partial charge in [0.2, 0.25) is 0 Å². The molecule has 0 saturated carbocycles. The average molecular weight is 350 g/mol. The van der Waals surface area contributed by atoms with Gasteiger partial charge >= 0.3 is 0 Å². The zero-order valence-corrected chi connectivity index (χ0v) is 13.9. The third kappa shape index (κ3) is 3.44. The lowest BCUT2D eigenvalue weighted by Crippen LogP contribution is -2.17. The quantitative estimate of drug-likeness (QED) is 0.523. The Bertz CT molecular complexity index is 976. The van der Waals surface area contributed by atoms with Crippen molar-refractivity contribution in [1.82, 2.24) is 0 Å². The van der Waals surface area contributed by atoms with E-state index in [9.17, 15) is 14.5 Å². The van der Waals surface area contributed by atoms with Crippen molar-refractivity contribution in [1.29, 1.82) is 0 Å². The fourth-order valence-corrected chi connectivity index (χ4v) is 2.61. The fraction of sp³-hybridized carbons (Fsp3) is 0.158. The van der Waals surface area contributed by atoms with Crippen LogP contribution in [0.2, 0.25) is 0 Å². The molecule has 6 nitrogen and oxygen atoms in total. The molecule has 1 N–H and O–H groups in total. The number of rotatable bonds is 3. The van der Waals surface area contributed by atoms with Gasteiger partial charge in [0.1, 0.15) is 17.7 Å². The molecular formula is C19H15FN4O2. The van der Waals surface area contributed by atoms with Gasteiger partial charge in [0.05, 0.1) is 17.2 Å². The molecule has 1 aliphatic heterocycles. The summed E-state index contributed by atoms with van der Waals surface area (Å²) in [4.78, 5) is 19.5. The number of halogens is 1. The molecular weight excluding hydrogens is 335 g/mol. The summed E-state index contributed by atoms with van der Waals surface area (Å²) in [6.07, 6.45) is 5.37. The van der Waals surface area contributed by atoms with Crippen LogP contribution in [-0.4, -0.2) is 29.1 Å². The van der Waals surface area contributed by atoms with Crippen LogP contribution in [0.5, 0.6) is 0 Å². The van der Waals surface area contributed by atoms with Crippen LogP contribution in [0, 0.1) is 28.3 Å². The first-order valence-corrected chi connectivity index (χ1v) is 7.87. The summed E-state index contributed by atoms with van der Waals surface area (Å²) in [5.74, 6) is 2.56. The highest BCUT2D eigenvalue weighted by Gasteiger charge is 2.22. The van der Waals surface area contributed by atoms with Crippen LogP contribution in [0.25, 0.3) is 0 Å². The molecule has 0 amide bonds. The van der Waals surface area contributed by atoms with Crippen LogP contribution < -0.4 is 5.32 Å². The normalized spacial score (nSPS) is 15.9. The molecule has 1 unspecified atom stereocenters. The van der Waals surface area contributed by atoms with E-state index in [1.54, 1.807) is 31.2 Å². The number of nitrogens with zero attached hydrogens (tertiary/aromatic N) is 3. The van der Waals surface area contributed by atoms with Crippen molar-refractivity contribution in [3.05, 3.63) is 69.5 Å². The molecule has 2 aromatic rings. The maximum atomic E-state index is 14.3. The summed E-state index contributed by atoms with van der Waals surface area (Å²) in [5, 5.41) is 14.3. The Morgan fingerprint density at radius 1 is 1.35 bits per heavy atom. The van der Waals surface area contributed by atoms with Gasteiger partial charge in [-0.3, -0.25) is 20.1 Å². The Morgan fingerprint density at radius 2 is 2.12 bits per heavy atom. The third-order valence-corrected chi connectivity index (χ3v) is 3.85. The molecule has 3 rings (SSSR count). The molecule has 0 aromatic heterocycles. The number of hydrogen-bond donors (Lipinski definition) is 1.